The van der Waals surface area contributed by atoms with Gasteiger partial charge in [0.25, 0.3) is 0 Å². The van der Waals surface area contributed by atoms with Crippen molar-refractivity contribution in [2.45, 2.75) is 36.6 Å². The molecule has 0 bridgehead atoms. The van der Waals surface area contributed by atoms with Gasteiger partial charge in [-0.3, -0.25) is 4.98 Å². The van der Waals surface area contributed by atoms with E-state index in [4.69, 9.17) is 5.14 Å². The molecule has 88 valence electrons. The molecule has 2 rings (SSSR count). The van der Waals surface area contributed by atoms with Crippen LogP contribution in [0.3, 0.4) is 0 Å². The van der Waals surface area contributed by atoms with E-state index in [-0.39, 0.29) is 4.90 Å². The zero-order valence-electron chi connectivity index (χ0n) is 8.89. The summed E-state index contributed by atoms with van der Waals surface area (Å²) in [4.78, 5) is 3.86. The van der Waals surface area contributed by atoms with Gasteiger partial charge in [0.2, 0.25) is 10.0 Å². The van der Waals surface area contributed by atoms with E-state index in [1.165, 1.54) is 19.0 Å². The van der Waals surface area contributed by atoms with Crippen LogP contribution >= 0.6 is 0 Å². The maximum absolute atomic E-state index is 11.3. The Bertz CT molecular complexity index is 467. The molecule has 0 aliphatic heterocycles. The van der Waals surface area contributed by atoms with Gasteiger partial charge < -0.3 is 5.32 Å². The van der Waals surface area contributed by atoms with E-state index in [1.54, 1.807) is 12.3 Å². The second-order valence-electron chi connectivity index (χ2n) is 4.04. The number of rotatable bonds is 3. The van der Waals surface area contributed by atoms with Crippen LogP contribution in [0.5, 0.6) is 0 Å². The average molecular weight is 241 g/mol. The lowest BCUT2D eigenvalue weighted by molar-refractivity contribution is 0.597. The summed E-state index contributed by atoms with van der Waals surface area (Å²) in [5, 5.41) is 8.34. The topological polar surface area (TPSA) is 85.1 Å². The number of pyridine rings is 1. The van der Waals surface area contributed by atoms with E-state index in [9.17, 15) is 8.42 Å². The fourth-order valence-corrected chi connectivity index (χ4v) is 2.66. The predicted molar refractivity (Wildman–Crippen MR) is 61.5 cm³/mol. The van der Waals surface area contributed by atoms with Gasteiger partial charge in [-0.1, -0.05) is 12.8 Å². The number of nitrogens with zero attached hydrogens (tertiary/aromatic N) is 1. The van der Waals surface area contributed by atoms with Crippen molar-refractivity contribution in [1.82, 2.24) is 4.98 Å². The number of nitrogens with one attached hydrogen (secondary N) is 1. The SMILES string of the molecule is NS(=O)(=O)c1cnccc1NC1CCCC1. The summed E-state index contributed by atoms with van der Waals surface area (Å²) < 4.78 is 22.7. The molecule has 1 aromatic rings. The van der Waals surface area contributed by atoms with Crippen LogP contribution in [0.2, 0.25) is 0 Å². The van der Waals surface area contributed by atoms with Crippen LogP contribution < -0.4 is 10.5 Å². The number of primary sulfonamides is 1. The van der Waals surface area contributed by atoms with Crippen molar-refractivity contribution >= 4 is 15.7 Å². The Morgan fingerprint density at radius 1 is 1.38 bits per heavy atom. The van der Waals surface area contributed by atoms with Crippen molar-refractivity contribution in [3.8, 4) is 0 Å². The van der Waals surface area contributed by atoms with Gasteiger partial charge in [0.05, 0.1) is 5.69 Å². The largest absolute Gasteiger partial charge is 0.381 e. The minimum Gasteiger partial charge on any atom is -0.381 e. The zero-order valence-corrected chi connectivity index (χ0v) is 9.70. The van der Waals surface area contributed by atoms with Crippen LogP contribution in [0.15, 0.2) is 23.4 Å². The molecule has 1 heterocycles. The van der Waals surface area contributed by atoms with Gasteiger partial charge in [0.1, 0.15) is 4.90 Å². The maximum Gasteiger partial charge on any atom is 0.241 e. The minimum atomic E-state index is -3.70. The van der Waals surface area contributed by atoms with Crippen molar-refractivity contribution in [1.29, 1.82) is 0 Å². The molecule has 0 amide bonds. The van der Waals surface area contributed by atoms with Gasteiger partial charge in [0, 0.05) is 18.4 Å². The monoisotopic (exact) mass is 241 g/mol. The second-order valence-corrected chi connectivity index (χ2v) is 5.57. The maximum atomic E-state index is 11.3. The minimum absolute atomic E-state index is 0.0712. The van der Waals surface area contributed by atoms with Gasteiger partial charge in [0.15, 0.2) is 0 Å². The predicted octanol–water partition coefficient (Wildman–Crippen LogP) is 1.08. The van der Waals surface area contributed by atoms with Gasteiger partial charge in [-0.25, -0.2) is 13.6 Å². The molecule has 0 atom stereocenters. The van der Waals surface area contributed by atoms with E-state index in [0.29, 0.717) is 11.7 Å². The summed E-state index contributed by atoms with van der Waals surface area (Å²) in [5.74, 6) is 0. The normalized spacial score (nSPS) is 17.6. The lowest BCUT2D eigenvalue weighted by atomic mass is 10.2. The van der Waals surface area contributed by atoms with Crippen molar-refractivity contribution in [2.24, 2.45) is 5.14 Å². The summed E-state index contributed by atoms with van der Waals surface area (Å²) in [6.07, 6.45) is 7.37. The smallest absolute Gasteiger partial charge is 0.241 e. The fraction of sp³-hybridized carbons (Fsp3) is 0.500. The number of sulfonamides is 1. The first-order valence-corrected chi connectivity index (χ1v) is 6.85. The third kappa shape index (κ3) is 2.51. The van der Waals surface area contributed by atoms with Crippen LogP contribution in [0, 0.1) is 0 Å². The lowest BCUT2D eigenvalue weighted by Crippen LogP contribution is -2.20. The number of anilines is 1. The third-order valence-corrected chi connectivity index (χ3v) is 3.74. The first kappa shape index (κ1) is 11.3. The lowest BCUT2D eigenvalue weighted by Gasteiger charge is -2.15. The van der Waals surface area contributed by atoms with E-state index >= 15 is 0 Å². The first-order chi connectivity index (χ1) is 7.57. The third-order valence-electron chi connectivity index (χ3n) is 2.81. The van der Waals surface area contributed by atoms with Crippen molar-refractivity contribution in [3.63, 3.8) is 0 Å². The highest BCUT2D eigenvalue weighted by atomic mass is 32.2. The highest BCUT2D eigenvalue weighted by Crippen LogP contribution is 2.25. The fourth-order valence-electron chi connectivity index (χ4n) is 2.02. The van der Waals surface area contributed by atoms with Crippen LogP contribution in [0.1, 0.15) is 25.7 Å². The van der Waals surface area contributed by atoms with Crippen LogP contribution in [0.25, 0.3) is 0 Å². The molecule has 0 saturated heterocycles. The summed E-state index contributed by atoms with van der Waals surface area (Å²) in [7, 11) is -3.70. The summed E-state index contributed by atoms with van der Waals surface area (Å²) in [6, 6.07) is 2.00. The molecule has 0 unspecified atom stereocenters. The molecule has 0 spiro atoms. The number of nitrogens with two attached hydrogens (primary N) is 1. The standard InChI is InChI=1S/C10H15N3O2S/c11-16(14,15)10-7-12-6-5-9(10)13-8-3-1-2-4-8/h5-8H,1-4H2,(H,12,13)(H2,11,14,15). The highest BCUT2D eigenvalue weighted by Gasteiger charge is 2.19. The Labute approximate surface area is 95.1 Å². The van der Waals surface area contributed by atoms with E-state index in [1.807, 2.05) is 0 Å². The molecule has 5 nitrogen and oxygen atoms in total. The van der Waals surface area contributed by atoms with Crippen molar-refractivity contribution in [2.75, 3.05) is 5.32 Å². The molecule has 1 aliphatic rings. The van der Waals surface area contributed by atoms with Crippen LogP contribution in [0.4, 0.5) is 5.69 Å². The Kier molecular flexibility index (Phi) is 3.11. The quantitative estimate of drug-likeness (QED) is 0.829. The van der Waals surface area contributed by atoms with Gasteiger partial charge in [-0.15, -0.1) is 0 Å². The van der Waals surface area contributed by atoms with Crippen molar-refractivity contribution in [3.05, 3.63) is 18.5 Å². The number of hydrogen-bond acceptors (Lipinski definition) is 4. The second kappa shape index (κ2) is 4.39. The van der Waals surface area contributed by atoms with Gasteiger partial charge >= 0.3 is 0 Å². The molecule has 16 heavy (non-hydrogen) atoms. The molecule has 3 N–H and O–H groups in total. The first-order valence-electron chi connectivity index (χ1n) is 5.31. The van der Waals surface area contributed by atoms with Gasteiger partial charge in [-0.05, 0) is 18.9 Å². The average Bonchev–Trinajstić information content (AvgIpc) is 2.70. The molecule has 6 heteroatoms. The van der Waals surface area contributed by atoms with E-state index in [2.05, 4.69) is 10.3 Å². The molecular formula is C10H15N3O2S. The van der Waals surface area contributed by atoms with Gasteiger partial charge in [-0.2, -0.15) is 0 Å². The zero-order chi connectivity index (χ0) is 11.6. The molecule has 1 saturated carbocycles. The Morgan fingerprint density at radius 3 is 2.69 bits per heavy atom. The van der Waals surface area contributed by atoms with Crippen molar-refractivity contribution < 1.29 is 8.42 Å². The highest BCUT2D eigenvalue weighted by molar-refractivity contribution is 7.89. The summed E-state index contributed by atoms with van der Waals surface area (Å²) in [6.45, 7) is 0. The Balaban J connectivity index is 2.26. The molecule has 0 radical (unpaired) electrons. The molecule has 1 aromatic heterocycles. The Hall–Kier alpha value is -1.14. The van der Waals surface area contributed by atoms with E-state index in [0.717, 1.165) is 12.8 Å². The summed E-state index contributed by atoms with van der Waals surface area (Å²) >= 11 is 0. The molecular weight excluding hydrogens is 226 g/mol. The molecule has 1 fully saturated rings. The van der Waals surface area contributed by atoms with E-state index < -0.39 is 10.0 Å². The summed E-state index contributed by atoms with van der Waals surface area (Å²) in [5.41, 5.74) is 0.560. The number of aromatic nitrogens is 1. The molecule has 1 aliphatic carbocycles. The number of hydrogen-bond donors (Lipinski definition) is 2. The van der Waals surface area contributed by atoms with Crippen LogP contribution in [-0.2, 0) is 10.0 Å². The Morgan fingerprint density at radius 2 is 2.06 bits per heavy atom. The molecule has 0 aromatic carbocycles. The van der Waals surface area contributed by atoms with Crippen LogP contribution in [-0.4, -0.2) is 19.4 Å².